The fourth-order valence-corrected chi connectivity index (χ4v) is 10.2. The van der Waals surface area contributed by atoms with E-state index in [1.54, 1.807) is 11.3 Å². The van der Waals surface area contributed by atoms with E-state index >= 15 is 0 Å². The standard InChI is InChI=1S/C60H37N6S.Ir/c1-4-15-39(16-5-1)58-62-59(40-17-6-2-7-18-40)64-60(63-58)66-54-31-29-44(35-49(54)51-36-50-48-25-10-11-26-53(48)65(55(50)37-56(51)66)47-23-8-3-9-24-47)42-20-12-19-41(33-42)43-21-13-22-45(34-43)52-30-28-46(38-61-52)57-27-14-32-67-57;/h1-21,23-38H;/q-1;. The van der Waals surface area contributed by atoms with Gasteiger partial charge in [0.1, 0.15) is 0 Å². The Balaban J connectivity index is 0.00000480. The van der Waals surface area contributed by atoms with Crippen molar-refractivity contribution in [3.8, 4) is 78.4 Å². The molecular formula is C60H37IrN6S-. The smallest absolute Gasteiger partial charge is 0.238 e. The molecular weight excluding hydrogens is 1030 g/mol. The van der Waals surface area contributed by atoms with Crippen molar-refractivity contribution in [1.29, 1.82) is 0 Å². The van der Waals surface area contributed by atoms with Crippen molar-refractivity contribution in [3.05, 3.63) is 230 Å². The summed E-state index contributed by atoms with van der Waals surface area (Å²) in [6.07, 6.45) is 1.95. The number of hydrogen-bond acceptors (Lipinski definition) is 5. The molecule has 68 heavy (non-hydrogen) atoms. The number of para-hydroxylation sites is 2. The minimum Gasteiger partial charge on any atom is -0.309 e. The van der Waals surface area contributed by atoms with Gasteiger partial charge in [-0.3, -0.25) is 4.57 Å². The van der Waals surface area contributed by atoms with Crippen LogP contribution in [0.15, 0.2) is 224 Å². The Bertz CT molecular complexity index is 3900. The van der Waals surface area contributed by atoms with Crippen LogP contribution in [-0.4, -0.2) is 29.1 Å². The third-order valence-electron chi connectivity index (χ3n) is 12.6. The Labute approximate surface area is 409 Å². The molecule has 0 atom stereocenters. The monoisotopic (exact) mass is 1070 g/mol. The summed E-state index contributed by atoms with van der Waals surface area (Å²) >= 11 is 1.72. The molecule has 0 aliphatic carbocycles. The van der Waals surface area contributed by atoms with E-state index in [4.69, 9.17) is 19.9 Å². The van der Waals surface area contributed by atoms with Crippen LogP contribution >= 0.6 is 11.3 Å². The number of benzene rings is 8. The van der Waals surface area contributed by atoms with Gasteiger partial charge in [-0.25, -0.2) is 4.98 Å². The third-order valence-corrected chi connectivity index (χ3v) is 13.6. The molecule has 5 heterocycles. The Morgan fingerprint density at radius 3 is 1.71 bits per heavy atom. The Morgan fingerprint density at radius 1 is 0.397 bits per heavy atom. The van der Waals surface area contributed by atoms with Crippen molar-refractivity contribution in [2.45, 2.75) is 0 Å². The van der Waals surface area contributed by atoms with Gasteiger partial charge >= 0.3 is 0 Å². The molecule has 13 rings (SSSR count). The second-order valence-corrected chi connectivity index (χ2v) is 17.6. The van der Waals surface area contributed by atoms with E-state index in [1.165, 1.54) is 15.6 Å². The van der Waals surface area contributed by atoms with Crippen LogP contribution in [0.3, 0.4) is 0 Å². The molecule has 0 aliphatic rings. The molecule has 323 valence electrons. The third kappa shape index (κ3) is 7.23. The average molecular weight is 1070 g/mol. The summed E-state index contributed by atoms with van der Waals surface area (Å²) in [7, 11) is 0. The van der Waals surface area contributed by atoms with Crippen molar-refractivity contribution in [2.75, 3.05) is 0 Å². The predicted molar refractivity (Wildman–Crippen MR) is 276 cm³/mol. The topological polar surface area (TPSA) is 61.4 Å². The van der Waals surface area contributed by atoms with E-state index in [2.05, 4.69) is 190 Å². The van der Waals surface area contributed by atoms with Gasteiger partial charge in [-0.05, 0) is 82.4 Å². The maximum atomic E-state index is 5.27. The first-order valence-corrected chi connectivity index (χ1v) is 23.2. The van der Waals surface area contributed by atoms with Gasteiger partial charge in [-0.1, -0.05) is 140 Å². The molecule has 0 unspecified atom stereocenters. The number of nitrogens with zero attached hydrogens (tertiary/aromatic N) is 6. The van der Waals surface area contributed by atoms with Gasteiger partial charge in [0.2, 0.25) is 5.95 Å². The summed E-state index contributed by atoms with van der Waals surface area (Å²) in [5, 5.41) is 6.68. The molecule has 6 nitrogen and oxygen atoms in total. The molecule has 0 saturated heterocycles. The molecule has 0 bridgehead atoms. The quantitative estimate of drug-likeness (QED) is 0.142. The Hall–Kier alpha value is -8.13. The zero-order chi connectivity index (χ0) is 44.3. The largest absolute Gasteiger partial charge is 0.309 e. The van der Waals surface area contributed by atoms with Crippen LogP contribution < -0.4 is 0 Å². The number of aromatic nitrogens is 6. The van der Waals surface area contributed by atoms with Crippen molar-refractivity contribution < 1.29 is 20.1 Å². The van der Waals surface area contributed by atoms with Crippen LogP contribution in [0.5, 0.6) is 0 Å². The summed E-state index contributed by atoms with van der Waals surface area (Å²) in [5.41, 5.74) is 14.6. The summed E-state index contributed by atoms with van der Waals surface area (Å²) in [4.78, 5) is 21.6. The maximum Gasteiger partial charge on any atom is 0.238 e. The van der Waals surface area contributed by atoms with Crippen LogP contribution in [0.2, 0.25) is 0 Å². The van der Waals surface area contributed by atoms with Gasteiger partial charge in [0.05, 0.1) is 22.1 Å². The summed E-state index contributed by atoms with van der Waals surface area (Å²) < 4.78 is 4.59. The molecule has 1 radical (unpaired) electrons. The van der Waals surface area contributed by atoms with E-state index in [-0.39, 0.29) is 20.1 Å². The number of thiophene rings is 1. The molecule has 0 spiro atoms. The van der Waals surface area contributed by atoms with E-state index < -0.39 is 0 Å². The van der Waals surface area contributed by atoms with E-state index in [0.29, 0.717) is 17.6 Å². The zero-order valence-corrected chi connectivity index (χ0v) is 39.5. The zero-order valence-electron chi connectivity index (χ0n) is 36.3. The minimum absolute atomic E-state index is 0. The number of fused-ring (bicyclic) bond motifs is 6. The van der Waals surface area contributed by atoms with Gasteiger partial charge in [-0.15, -0.1) is 46.7 Å². The predicted octanol–water partition coefficient (Wildman–Crippen LogP) is 15.3. The van der Waals surface area contributed by atoms with Gasteiger partial charge in [0.15, 0.2) is 11.6 Å². The van der Waals surface area contributed by atoms with Gasteiger partial charge in [0.25, 0.3) is 0 Å². The molecule has 5 aromatic heterocycles. The van der Waals surface area contributed by atoms with Crippen LogP contribution in [0, 0.1) is 6.07 Å². The first kappa shape index (κ1) is 41.3. The van der Waals surface area contributed by atoms with E-state index in [9.17, 15) is 0 Å². The molecule has 0 amide bonds. The van der Waals surface area contributed by atoms with Crippen molar-refractivity contribution in [2.24, 2.45) is 0 Å². The Kier molecular flexibility index (Phi) is 10.5. The summed E-state index contributed by atoms with van der Waals surface area (Å²) in [5.74, 6) is 1.77. The second kappa shape index (κ2) is 17.3. The molecule has 13 aromatic rings. The fourth-order valence-electron chi connectivity index (χ4n) is 9.44. The SMILES string of the molecule is [Ir].[c-]1ccc(-c2cccc(-c3ccc4c(c3)c3cc5c6ccccc6n(-c6ccccc6)c5cc3n4-c3nc(-c4ccccc4)nc(-c4ccccc4)n3)c2)cc1-c1ccc(-c2cccs2)cn1. The van der Waals surface area contributed by atoms with E-state index in [0.717, 1.165) is 88.7 Å². The first-order chi connectivity index (χ1) is 33.2. The normalized spacial score (nSPS) is 11.4. The average Bonchev–Trinajstić information content (AvgIpc) is 4.14. The fraction of sp³-hybridized carbons (Fsp3) is 0. The maximum absolute atomic E-state index is 5.27. The van der Waals surface area contributed by atoms with E-state index in [1.807, 2.05) is 48.7 Å². The van der Waals surface area contributed by atoms with Crippen LogP contribution in [0.1, 0.15) is 0 Å². The molecule has 8 heteroatoms. The first-order valence-electron chi connectivity index (χ1n) is 22.3. The minimum atomic E-state index is 0. The van der Waals surface area contributed by atoms with Crippen molar-refractivity contribution in [3.63, 3.8) is 0 Å². The van der Waals surface area contributed by atoms with Crippen LogP contribution in [0.4, 0.5) is 0 Å². The van der Waals surface area contributed by atoms with Gasteiger partial charge in [0, 0.05) is 75.1 Å². The molecule has 8 aromatic carbocycles. The molecule has 0 aliphatic heterocycles. The van der Waals surface area contributed by atoms with Gasteiger partial charge < -0.3 is 9.55 Å². The van der Waals surface area contributed by atoms with Crippen LogP contribution in [-0.2, 0) is 20.1 Å². The summed E-state index contributed by atoms with van der Waals surface area (Å²) in [6.45, 7) is 0. The number of rotatable bonds is 8. The molecule has 0 N–H and O–H groups in total. The van der Waals surface area contributed by atoms with Crippen molar-refractivity contribution >= 4 is 54.9 Å². The number of pyridine rings is 1. The number of hydrogen-bond donors (Lipinski definition) is 0. The van der Waals surface area contributed by atoms with Crippen LogP contribution in [0.25, 0.3) is 122 Å². The second-order valence-electron chi connectivity index (χ2n) is 16.6. The summed E-state index contributed by atoms with van der Waals surface area (Å²) in [6, 6.07) is 78.0. The Morgan fingerprint density at radius 2 is 1.00 bits per heavy atom. The van der Waals surface area contributed by atoms with Gasteiger partial charge in [-0.2, -0.15) is 9.97 Å². The van der Waals surface area contributed by atoms with Crippen molar-refractivity contribution in [1.82, 2.24) is 29.1 Å². The molecule has 0 fully saturated rings. The molecule has 0 saturated carbocycles.